The Balaban J connectivity index is 1.72. The summed E-state index contributed by atoms with van der Waals surface area (Å²) in [7, 11) is 0. The van der Waals surface area contributed by atoms with Gasteiger partial charge in [0, 0.05) is 34.8 Å². The smallest absolute Gasteiger partial charge is 0.340 e. The highest BCUT2D eigenvalue weighted by Gasteiger charge is 2.22. The van der Waals surface area contributed by atoms with E-state index in [9.17, 15) is 9.18 Å². The van der Waals surface area contributed by atoms with Gasteiger partial charge in [0.2, 0.25) is 0 Å². The van der Waals surface area contributed by atoms with Gasteiger partial charge in [-0.25, -0.2) is 14.2 Å². The molecule has 0 amide bonds. The Morgan fingerprint density at radius 1 is 1.05 bits per heavy atom. The monoisotopic (exact) mass is 506 g/mol. The van der Waals surface area contributed by atoms with Crippen LogP contribution in [-0.2, 0) is 4.74 Å². The number of nitrogens with one attached hydrogen (secondary N) is 1. The molecule has 0 aliphatic rings. The van der Waals surface area contributed by atoms with Crippen molar-refractivity contribution in [3.05, 3.63) is 90.3 Å². The van der Waals surface area contributed by atoms with Gasteiger partial charge in [-0.3, -0.25) is 0 Å². The maximum atomic E-state index is 13.1. The minimum absolute atomic E-state index is 0.0717. The van der Waals surface area contributed by atoms with E-state index >= 15 is 0 Å². The summed E-state index contributed by atoms with van der Waals surface area (Å²) in [4.78, 5) is 17.2. The van der Waals surface area contributed by atoms with Gasteiger partial charge < -0.3 is 14.6 Å². The Morgan fingerprint density at radius 3 is 2.55 bits per heavy atom. The van der Waals surface area contributed by atoms with Gasteiger partial charge in [-0.2, -0.15) is 5.26 Å². The number of halogens is 1. The summed E-state index contributed by atoms with van der Waals surface area (Å²) >= 11 is 0. The molecule has 0 saturated carbocycles. The summed E-state index contributed by atoms with van der Waals surface area (Å²) in [5.74, 6) is -0.469. The number of pyridine rings is 1. The van der Waals surface area contributed by atoms with Crippen LogP contribution in [-0.4, -0.2) is 34.3 Å². The van der Waals surface area contributed by atoms with Crippen LogP contribution in [0.15, 0.2) is 79.0 Å². The molecular formula is C31H27FN4O2. The lowest BCUT2D eigenvalue weighted by molar-refractivity contribution is 0.00706. The molecule has 0 fully saturated rings. The first-order valence-electron chi connectivity index (χ1n) is 12.4. The molecule has 2 aromatic heterocycles. The van der Waals surface area contributed by atoms with E-state index in [0.29, 0.717) is 16.9 Å². The van der Waals surface area contributed by atoms with Crippen LogP contribution in [0.4, 0.5) is 10.1 Å². The number of rotatable bonds is 6. The SMILES string of the molecule is CC(C)(C)OC(=O)c1ccc(-n2c3ccccc3c3c(-c4ccc(C#N)nc4)cccc32)cc1NCCF. The van der Waals surface area contributed by atoms with Crippen molar-refractivity contribution in [3.63, 3.8) is 0 Å². The lowest BCUT2D eigenvalue weighted by Gasteiger charge is -2.21. The van der Waals surface area contributed by atoms with Crippen molar-refractivity contribution in [3.8, 4) is 22.9 Å². The fourth-order valence-electron chi connectivity index (χ4n) is 4.67. The average molecular weight is 507 g/mol. The minimum Gasteiger partial charge on any atom is -0.456 e. The number of fused-ring (bicyclic) bond motifs is 3. The van der Waals surface area contributed by atoms with Gasteiger partial charge in [0.15, 0.2) is 0 Å². The van der Waals surface area contributed by atoms with Gasteiger partial charge in [0.1, 0.15) is 24.0 Å². The zero-order valence-corrected chi connectivity index (χ0v) is 21.5. The molecule has 0 aliphatic heterocycles. The molecule has 2 heterocycles. The minimum atomic E-state index is -0.656. The third-order valence-corrected chi connectivity index (χ3v) is 6.18. The van der Waals surface area contributed by atoms with E-state index in [2.05, 4.69) is 27.0 Å². The molecule has 5 rings (SSSR count). The van der Waals surface area contributed by atoms with Gasteiger partial charge in [-0.1, -0.05) is 30.3 Å². The Bertz CT molecular complexity index is 1690. The third kappa shape index (κ3) is 4.69. The largest absolute Gasteiger partial charge is 0.456 e. The Kier molecular flexibility index (Phi) is 6.56. The highest BCUT2D eigenvalue weighted by molar-refractivity contribution is 6.15. The predicted molar refractivity (Wildman–Crippen MR) is 148 cm³/mol. The number of hydrogen-bond donors (Lipinski definition) is 1. The second-order valence-corrected chi connectivity index (χ2v) is 9.94. The van der Waals surface area contributed by atoms with Crippen LogP contribution in [0.1, 0.15) is 36.8 Å². The lowest BCUT2D eigenvalue weighted by Crippen LogP contribution is -2.24. The number of nitrogens with zero attached hydrogens (tertiary/aromatic N) is 3. The number of nitriles is 1. The number of anilines is 1. The first-order chi connectivity index (χ1) is 18.3. The first-order valence-corrected chi connectivity index (χ1v) is 12.4. The maximum Gasteiger partial charge on any atom is 0.340 e. The zero-order chi connectivity index (χ0) is 26.9. The van der Waals surface area contributed by atoms with E-state index in [1.165, 1.54) is 0 Å². The average Bonchev–Trinajstić information content (AvgIpc) is 3.25. The van der Waals surface area contributed by atoms with Gasteiger partial charge in [-0.15, -0.1) is 0 Å². The fraction of sp³-hybridized carbons (Fsp3) is 0.194. The van der Waals surface area contributed by atoms with Crippen molar-refractivity contribution >= 4 is 33.5 Å². The number of esters is 1. The Morgan fingerprint density at radius 2 is 1.84 bits per heavy atom. The van der Waals surface area contributed by atoms with E-state index in [0.717, 1.165) is 38.6 Å². The van der Waals surface area contributed by atoms with Gasteiger partial charge >= 0.3 is 5.97 Å². The summed E-state index contributed by atoms with van der Waals surface area (Å²) < 4.78 is 20.8. The molecule has 0 aliphatic carbocycles. The molecule has 0 spiro atoms. The molecule has 190 valence electrons. The maximum absolute atomic E-state index is 13.1. The summed E-state index contributed by atoms with van der Waals surface area (Å²) in [6, 6.07) is 25.3. The molecule has 0 atom stereocenters. The van der Waals surface area contributed by atoms with Crippen LogP contribution in [0.25, 0.3) is 38.6 Å². The van der Waals surface area contributed by atoms with Crippen molar-refractivity contribution in [2.75, 3.05) is 18.5 Å². The molecule has 0 saturated heterocycles. The normalized spacial score (nSPS) is 11.4. The molecule has 5 aromatic rings. The third-order valence-electron chi connectivity index (χ3n) is 6.18. The van der Waals surface area contributed by atoms with Gasteiger partial charge in [0.25, 0.3) is 0 Å². The topological polar surface area (TPSA) is 79.9 Å². The Hall–Kier alpha value is -4.70. The zero-order valence-electron chi connectivity index (χ0n) is 21.5. The van der Waals surface area contributed by atoms with E-state index in [1.807, 2.05) is 75.4 Å². The van der Waals surface area contributed by atoms with Crippen LogP contribution in [0.5, 0.6) is 0 Å². The van der Waals surface area contributed by atoms with E-state index < -0.39 is 18.2 Å². The van der Waals surface area contributed by atoms with Crippen LogP contribution < -0.4 is 5.32 Å². The number of carbonyl (C=O) groups is 1. The molecule has 7 heteroatoms. The van der Waals surface area contributed by atoms with Crippen molar-refractivity contribution in [2.45, 2.75) is 26.4 Å². The van der Waals surface area contributed by atoms with E-state index in [4.69, 9.17) is 10.00 Å². The second kappa shape index (κ2) is 9.98. The van der Waals surface area contributed by atoms with Gasteiger partial charge in [-0.05, 0) is 68.8 Å². The predicted octanol–water partition coefficient (Wildman–Crippen LogP) is 7.05. The molecule has 0 radical (unpaired) electrons. The van der Waals surface area contributed by atoms with Crippen LogP contribution in [0, 0.1) is 11.3 Å². The molecule has 6 nitrogen and oxygen atoms in total. The number of benzene rings is 3. The number of aromatic nitrogens is 2. The quantitative estimate of drug-likeness (QED) is 0.250. The van der Waals surface area contributed by atoms with Crippen LogP contribution in [0.3, 0.4) is 0 Å². The second-order valence-electron chi connectivity index (χ2n) is 9.94. The number of hydrogen-bond acceptors (Lipinski definition) is 5. The number of para-hydroxylation sites is 1. The molecule has 1 N–H and O–H groups in total. The number of alkyl halides is 1. The fourth-order valence-corrected chi connectivity index (χ4v) is 4.67. The van der Waals surface area contributed by atoms with Crippen molar-refractivity contribution in [2.24, 2.45) is 0 Å². The highest BCUT2D eigenvalue weighted by Crippen LogP contribution is 2.39. The standard InChI is InChI=1S/C31H27FN4O2/c1-31(2,3)38-30(37)24-14-13-22(17-26(24)34-16-15-32)36-27-9-5-4-7-25(27)29-23(8-6-10-28(29)36)20-11-12-21(18-33)35-19-20/h4-14,17,19,34H,15-16H2,1-3H3. The van der Waals surface area contributed by atoms with Crippen LogP contribution >= 0.6 is 0 Å². The molecule has 38 heavy (non-hydrogen) atoms. The van der Waals surface area contributed by atoms with Crippen molar-refractivity contribution in [1.82, 2.24) is 9.55 Å². The number of carbonyl (C=O) groups excluding carboxylic acids is 1. The highest BCUT2D eigenvalue weighted by atomic mass is 19.1. The molecule has 0 unspecified atom stereocenters. The van der Waals surface area contributed by atoms with Crippen molar-refractivity contribution in [1.29, 1.82) is 5.26 Å². The van der Waals surface area contributed by atoms with E-state index in [1.54, 1.807) is 18.3 Å². The van der Waals surface area contributed by atoms with E-state index in [-0.39, 0.29) is 6.54 Å². The lowest BCUT2D eigenvalue weighted by atomic mass is 10.0. The summed E-state index contributed by atoms with van der Waals surface area (Å²) in [6.45, 7) is 4.94. The summed E-state index contributed by atoms with van der Waals surface area (Å²) in [5.41, 5.74) is 5.24. The molecule has 0 bridgehead atoms. The molecule has 3 aromatic carbocycles. The van der Waals surface area contributed by atoms with Crippen molar-refractivity contribution < 1.29 is 13.9 Å². The molecular weight excluding hydrogens is 479 g/mol. The Labute approximate surface area is 220 Å². The van der Waals surface area contributed by atoms with Crippen LogP contribution in [0.2, 0.25) is 0 Å². The summed E-state index contributed by atoms with van der Waals surface area (Å²) in [6.07, 6.45) is 1.72. The first kappa shape index (κ1) is 25.0. The summed E-state index contributed by atoms with van der Waals surface area (Å²) in [5, 5.41) is 14.3. The van der Waals surface area contributed by atoms with Gasteiger partial charge in [0.05, 0.1) is 22.3 Å². The number of ether oxygens (including phenoxy) is 1.